The minimum absolute atomic E-state index is 0.122. The van der Waals surface area contributed by atoms with E-state index in [-0.39, 0.29) is 24.0 Å². The van der Waals surface area contributed by atoms with E-state index in [9.17, 15) is 9.59 Å². The van der Waals surface area contributed by atoms with Crippen molar-refractivity contribution in [2.45, 2.75) is 58.8 Å². The maximum atomic E-state index is 11.9. The van der Waals surface area contributed by atoms with E-state index >= 15 is 0 Å². The van der Waals surface area contributed by atoms with Crippen molar-refractivity contribution in [3.8, 4) is 0 Å². The molecule has 0 aliphatic carbocycles. The Bertz CT molecular complexity index is 350. The molecule has 0 aromatic rings. The van der Waals surface area contributed by atoms with Crippen LogP contribution < -0.4 is 10.6 Å². The monoisotopic (exact) mass is 286 g/mol. The van der Waals surface area contributed by atoms with Crippen LogP contribution in [0.1, 0.15) is 41.0 Å². The molecule has 0 saturated carbocycles. The van der Waals surface area contributed by atoms with E-state index in [0.717, 1.165) is 0 Å². The minimum Gasteiger partial charge on any atom is -0.463 e. The summed E-state index contributed by atoms with van der Waals surface area (Å²) in [6.07, 6.45) is -0.0125. The van der Waals surface area contributed by atoms with Crippen LogP contribution in [0.5, 0.6) is 0 Å². The van der Waals surface area contributed by atoms with Crippen molar-refractivity contribution in [2.24, 2.45) is 5.92 Å². The topological polar surface area (TPSA) is 76.7 Å². The molecule has 116 valence electrons. The number of hydrogen-bond acceptors (Lipinski definition) is 5. The second kappa shape index (κ2) is 6.92. The first-order valence-corrected chi connectivity index (χ1v) is 7.08. The first-order valence-electron chi connectivity index (χ1n) is 7.08. The van der Waals surface area contributed by atoms with Crippen LogP contribution in [0.4, 0.5) is 4.79 Å². The number of ether oxygens (including phenoxy) is 2. The summed E-state index contributed by atoms with van der Waals surface area (Å²) in [6.45, 7) is 10.3. The molecule has 0 radical (unpaired) electrons. The third-order valence-corrected chi connectivity index (χ3v) is 2.76. The summed E-state index contributed by atoms with van der Waals surface area (Å²) < 4.78 is 10.4. The lowest BCUT2D eigenvalue weighted by molar-refractivity contribution is -0.153. The molecule has 6 heteroatoms. The van der Waals surface area contributed by atoms with Crippen molar-refractivity contribution < 1.29 is 19.1 Å². The van der Waals surface area contributed by atoms with Crippen LogP contribution in [0.15, 0.2) is 0 Å². The van der Waals surface area contributed by atoms with Crippen molar-refractivity contribution in [1.82, 2.24) is 10.6 Å². The number of rotatable bonds is 3. The molecule has 0 bridgehead atoms. The zero-order valence-corrected chi connectivity index (χ0v) is 13.0. The largest absolute Gasteiger partial charge is 0.463 e. The third-order valence-electron chi connectivity index (χ3n) is 2.76. The Balaban J connectivity index is 2.45. The highest BCUT2D eigenvalue weighted by atomic mass is 16.6. The number of alkyl carbamates (subject to hydrolysis) is 1. The summed E-state index contributed by atoms with van der Waals surface area (Å²) in [5.41, 5.74) is -0.526. The molecule has 1 fully saturated rings. The molecule has 6 nitrogen and oxygen atoms in total. The van der Waals surface area contributed by atoms with Gasteiger partial charge in [-0.2, -0.15) is 0 Å². The average molecular weight is 286 g/mol. The van der Waals surface area contributed by atoms with E-state index in [1.807, 2.05) is 34.6 Å². The second-order valence-corrected chi connectivity index (χ2v) is 6.42. The maximum absolute atomic E-state index is 11.9. The zero-order chi connectivity index (χ0) is 15.3. The van der Waals surface area contributed by atoms with Gasteiger partial charge in [0.05, 0.1) is 12.0 Å². The number of carbonyl (C=O) groups is 2. The van der Waals surface area contributed by atoms with Gasteiger partial charge in [-0.15, -0.1) is 0 Å². The lowest BCUT2D eigenvalue weighted by Crippen LogP contribution is -2.51. The Labute approximate surface area is 120 Å². The highest BCUT2D eigenvalue weighted by molar-refractivity contribution is 5.73. The first-order chi connectivity index (χ1) is 9.17. The lowest BCUT2D eigenvalue weighted by Gasteiger charge is -2.30. The van der Waals surface area contributed by atoms with Crippen LogP contribution in [-0.4, -0.2) is 42.9 Å². The lowest BCUT2D eigenvalue weighted by atomic mass is 9.96. The normalized spacial score (nSPS) is 23.3. The summed E-state index contributed by atoms with van der Waals surface area (Å²) in [5, 5.41) is 5.92. The van der Waals surface area contributed by atoms with Gasteiger partial charge in [0.2, 0.25) is 0 Å². The van der Waals surface area contributed by atoms with E-state index < -0.39 is 11.7 Å². The quantitative estimate of drug-likeness (QED) is 0.768. The number of amides is 1. The van der Waals surface area contributed by atoms with E-state index in [2.05, 4.69) is 10.6 Å². The Morgan fingerprint density at radius 3 is 2.45 bits per heavy atom. The summed E-state index contributed by atoms with van der Waals surface area (Å²) in [7, 11) is 0. The summed E-state index contributed by atoms with van der Waals surface area (Å²) >= 11 is 0. The number of piperidine rings is 1. The Kier molecular flexibility index (Phi) is 5.80. The van der Waals surface area contributed by atoms with Gasteiger partial charge < -0.3 is 20.1 Å². The SMILES string of the molecule is CC(C)OC(=O)C1CNCC(NC(=O)OC(C)(C)C)C1. The predicted octanol–water partition coefficient (Wildman–Crippen LogP) is 1.44. The number of carbonyl (C=O) groups excluding carboxylic acids is 2. The molecule has 2 N–H and O–H groups in total. The van der Waals surface area contributed by atoms with Crippen molar-refractivity contribution in [1.29, 1.82) is 0 Å². The molecular weight excluding hydrogens is 260 g/mol. The Morgan fingerprint density at radius 2 is 1.90 bits per heavy atom. The van der Waals surface area contributed by atoms with E-state index in [1.165, 1.54) is 0 Å². The van der Waals surface area contributed by atoms with Gasteiger partial charge in [0.25, 0.3) is 0 Å². The molecule has 1 aliphatic rings. The number of nitrogens with one attached hydrogen (secondary N) is 2. The van der Waals surface area contributed by atoms with E-state index in [1.54, 1.807) is 0 Å². The highest BCUT2D eigenvalue weighted by Gasteiger charge is 2.30. The van der Waals surface area contributed by atoms with Crippen molar-refractivity contribution >= 4 is 12.1 Å². The van der Waals surface area contributed by atoms with Gasteiger partial charge >= 0.3 is 12.1 Å². The minimum atomic E-state index is -0.526. The van der Waals surface area contributed by atoms with Crippen LogP contribution in [-0.2, 0) is 14.3 Å². The van der Waals surface area contributed by atoms with Crippen molar-refractivity contribution in [2.75, 3.05) is 13.1 Å². The molecule has 1 amide bonds. The van der Waals surface area contributed by atoms with E-state index in [4.69, 9.17) is 9.47 Å². The van der Waals surface area contributed by atoms with Crippen LogP contribution in [0, 0.1) is 5.92 Å². The Morgan fingerprint density at radius 1 is 1.25 bits per heavy atom. The van der Waals surface area contributed by atoms with Crippen molar-refractivity contribution in [3.63, 3.8) is 0 Å². The average Bonchev–Trinajstić information content (AvgIpc) is 2.25. The molecule has 1 heterocycles. The fourth-order valence-electron chi connectivity index (χ4n) is 2.03. The molecule has 1 rings (SSSR count). The zero-order valence-electron chi connectivity index (χ0n) is 13.0. The number of esters is 1. The van der Waals surface area contributed by atoms with Crippen LogP contribution in [0.3, 0.4) is 0 Å². The van der Waals surface area contributed by atoms with Gasteiger partial charge in [0, 0.05) is 19.1 Å². The molecular formula is C14H26N2O4. The molecule has 2 unspecified atom stereocenters. The van der Waals surface area contributed by atoms with Gasteiger partial charge in [-0.25, -0.2) is 4.79 Å². The van der Waals surface area contributed by atoms with Gasteiger partial charge in [0.15, 0.2) is 0 Å². The molecule has 0 spiro atoms. The molecule has 1 saturated heterocycles. The van der Waals surface area contributed by atoms with Gasteiger partial charge in [-0.1, -0.05) is 0 Å². The van der Waals surface area contributed by atoms with Gasteiger partial charge in [-0.3, -0.25) is 4.79 Å². The standard InChI is InChI=1S/C14H26N2O4/c1-9(2)19-12(17)10-6-11(8-15-7-10)16-13(18)20-14(3,4)5/h9-11,15H,6-8H2,1-5H3,(H,16,18). The molecule has 0 aromatic carbocycles. The van der Waals surface area contributed by atoms with E-state index in [0.29, 0.717) is 19.5 Å². The van der Waals surface area contributed by atoms with Crippen LogP contribution in [0.2, 0.25) is 0 Å². The highest BCUT2D eigenvalue weighted by Crippen LogP contribution is 2.14. The fraction of sp³-hybridized carbons (Fsp3) is 0.857. The fourth-order valence-corrected chi connectivity index (χ4v) is 2.03. The molecule has 1 aliphatic heterocycles. The summed E-state index contributed by atoms with van der Waals surface area (Å²) in [4.78, 5) is 23.6. The van der Waals surface area contributed by atoms with Crippen molar-refractivity contribution in [3.05, 3.63) is 0 Å². The Hall–Kier alpha value is -1.30. The molecule has 0 aromatic heterocycles. The second-order valence-electron chi connectivity index (χ2n) is 6.42. The first kappa shape index (κ1) is 16.8. The number of hydrogen-bond donors (Lipinski definition) is 2. The third kappa shape index (κ3) is 6.23. The molecule has 20 heavy (non-hydrogen) atoms. The van der Waals surface area contributed by atoms with Crippen LogP contribution in [0.25, 0.3) is 0 Å². The maximum Gasteiger partial charge on any atom is 0.407 e. The van der Waals surface area contributed by atoms with Gasteiger partial charge in [0.1, 0.15) is 5.60 Å². The summed E-state index contributed by atoms with van der Waals surface area (Å²) in [5.74, 6) is -0.450. The molecule has 2 atom stereocenters. The van der Waals surface area contributed by atoms with Crippen LogP contribution >= 0.6 is 0 Å². The predicted molar refractivity (Wildman–Crippen MR) is 75.4 cm³/mol. The smallest absolute Gasteiger partial charge is 0.407 e. The summed E-state index contributed by atoms with van der Waals surface area (Å²) in [6, 6.07) is -0.122. The van der Waals surface area contributed by atoms with Gasteiger partial charge in [-0.05, 0) is 41.0 Å².